The maximum Gasteiger partial charge on any atom is 0.267 e. The minimum absolute atomic E-state index is 0.000646. The van der Waals surface area contributed by atoms with Crippen LogP contribution in [0.5, 0.6) is 5.75 Å². The fraction of sp³-hybridized carbons (Fsp3) is 0.450. The number of hydrogen-bond acceptors (Lipinski definition) is 5. The summed E-state index contributed by atoms with van der Waals surface area (Å²) in [5.41, 5.74) is 1.69. The molecule has 0 radical (unpaired) electrons. The number of nitrogens with zero attached hydrogens (tertiary/aromatic N) is 1. The normalized spacial score (nSPS) is 27.1. The van der Waals surface area contributed by atoms with E-state index in [9.17, 15) is 14.0 Å². The monoisotopic (exact) mass is 420 g/mol. The first kappa shape index (κ1) is 19.7. The summed E-state index contributed by atoms with van der Waals surface area (Å²) in [6.45, 7) is 3.99. The summed E-state index contributed by atoms with van der Waals surface area (Å²) < 4.78 is 18.7. The van der Waals surface area contributed by atoms with E-state index in [2.05, 4.69) is 20.9 Å². The van der Waals surface area contributed by atoms with E-state index in [0.717, 1.165) is 17.5 Å². The Hall–Kier alpha value is -2.61. The molecule has 0 atom stereocenters. The number of halogens is 2. The van der Waals surface area contributed by atoms with Gasteiger partial charge in [0, 0.05) is 22.8 Å². The molecule has 0 spiro atoms. The van der Waals surface area contributed by atoms with E-state index in [1.165, 1.54) is 12.1 Å². The highest BCUT2D eigenvalue weighted by Crippen LogP contribution is 2.60. The van der Waals surface area contributed by atoms with Crippen molar-refractivity contribution in [1.82, 2.24) is 16.0 Å². The van der Waals surface area contributed by atoms with Crippen LogP contribution in [0.2, 0.25) is 5.02 Å². The van der Waals surface area contributed by atoms with Gasteiger partial charge < -0.3 is 20.7 Å². The summed E-state index contributed by atoms with van der Waals surface area (Å²) in [4.78, 5) is 29.0. The van der Waals surface area contributed by atoms with E-state index >= 15 is 0 Å². The molecule has 1 aliphatic heterocycles. The van der Waals surface area contributed by atoms with Crippen molar-refractivity contribution in [2.24, 2.45) is 4.99 Å². The minimum atomic E-state index is -0.597. The Morgan fingerprint density at radius 1 is 1.24 bits per heavy atom. The molecule has 2 bridgehead atoms. The van der Waals surface area contributed by atoms with Crippen molar-refractivity contribution < 1.29 is 18.7 Å². The number of allylic oxidation sites excluding steroid dienone is 2. The van der Waals surface area contributed by atoms with Crippen molar-refractivity contribution in [3.8, 4) is 5.75 Å². The molecule has 1 aromatic carbocycles. The maximum atomic E-state index is 13.4. The lowest BCUT2D eigenvalue weighted by Crippen LogP contribution is -2.84. The standard InChI is InChI=1S/C20H22ClFN4O3/c1-11-12(2)24-16(6-23-11)18(28)26-20-8-19(9-20,10-20)25-17(27)7-29-13-3-4-14(21)15(22)5-13/h3-5,23H,6-10H2,1-2H3,(H,25,27)(H,26,28). The molecular formula is C20H22ClFN4O3. The summed E-state index contributed by atoms with van der Waals surface area (Å²) in [6, 6.07) is 4.02. The second-order valence-corrected chi connectivity index (χ2v) is 8.49. The van der Waals surface area contributed by atoms with Crippen molar-refractivity contribution >= 4 is 29.1 Å². The summed E-state index contributed by atoms with van der Waals surface area (Å²) in [6.07, 6.45) is 2.05. The molecular weight excluding hydrogens is 399 g/mol. The molecule has 0 unspecified atom stereocenters. The fourth-order valence-electron chi connectivity index (χ4n) is 4.21. The molecule has 29 heavy (non-hydrogen) atoms. The number of amides is 2. The smallest absolute Gasteiger partial charge is 0.267 e. The lowest BCUT2D eigenvalue weighted by Gasteiger charge is -2.70. The van der Waals surface area contributed by atoms with Gasteiger partial charge in [-0.1, -0.05) is 11.6 Å². The first-order valence-corrected chi connectivity index (χ1v) is 9.77. The lowest BCUT2D eigenvalue weighted by atomic mass is 9.44. The van der Waals surface area contributed by atoms with Gasteiger partial charge in [-0.05, 0) is 45.2 Å². The third-order valence-corrected chi connectivity index (χ3v) is 6.01. The van der Waals surface area contributed by atoms with Crippen molar-refractivity contribution in [3.05, 3.63) is 40.4 Å². The SMILES string of the molecule is CC1=C(C)NCC(C(=O)NC23CC(NC(=O)COc4ccc(Cl)c(F)c4)(C2)C3)=N1. The van der Waals surface area contributed by atoms with Gasteiger partial charge in [0.25, 0.3) is 11.8 Å². The molecule has 1 aromatic rings. The van der Waals surface area contributed by atoms with Crippen LogP contribution in [-0.4, -0.2) is 41.8 Å². The quantitative estimate of drug-likeness (QED) is 0.657. The molecule has 9 heteroatoms. The zero-order chi connectivity index (χ0) is 20.8. The second kappa shape index (κ2) is 7.02. The molecule has 0 saturated heterocycles. The van der Waals surface area contributed by atoms with E-state index in [-0.39, 0.29) is 40.3 Å². The highest BCUT2D eigenvalue weighted by atomic mass is 35.5. The van der Waals surface area contributed by atoms with Crippen LogP contribution in [0.3, 0.4) is 0 Å². The Morgan fingerprint density at radius 2 is 1.93 bits per heavy atom. The molecule has 4 aliphatic rings. The van der Waals surface area contributed by atoms with E-state index in [1.54, 1.807) is 0 Å². The number of benzene rings is 1. The summed E-state index contributed by atoms with van der Waals surface area (Å²) in [7, 11) is 0. The predicted molar refractivity (Wildman–Crippen MR) is 106 cm³/mol. The Bertz CT molecular complexity index is 939. The molecule has 0 aromatic heterocycles. The number of rotatable bonds is 6. The molecule has 3 fully saturated rings. The largest absolute Gasteiger partial charge is 0.484 e. The van der Waals surface area contributed by atoms with Gasteiger partial charge in [-0.15, -0.1) is 0 Å². The Morgan fingerprint density at radius 3 is 2.59 bits per heavy atom. The third kappa shape index (κ3) is 3.81. The Kier molecular flexibility index (Phi) is 4.77. The van der Waals surface area contributed by atoms with Crippen LogP contribution in [0.15, 0.2) is 34.6 Å². The van der Waals surface area contributed by atoms with Crippen molar-refractivity contribution in [1.29, 1.82) is 0 Å². The van der Waals surface area contributed by atoms with Crippen LogP contribution < -0.4 is 20.7 Å². The molecule has 3 N–H and O–H groups in total. The zero-order valence-electron chi connectivity index (χ0n) is 16.2. The van der Waals surface area contributed by atoms with Crippen molar-refractivity contribution in [2.45, 2.75) is 44.2 Å². The minimum Gasteiger partial charge on any atom is -0.484 e. The molecule has 1 heterocycles. The predicted octanol–water partition coefficient (Wildman–Crippen LogP) is 2.06. The van der Waals surface area contributed by atoms with Gasteiger partial charge >= 0.3 is 0 Å². The zero-order valence-corrected chi connectivity index (χ0v) is 17.0. The Balaban J connectivity index is 1.24. The average molecular weight is 421 g/mol. The van der Waals surface area contributed by atoms with Gasteiger partial charge in [-0.2, -0.15) is 0 Å². The molecule has 3 aliphatic carbocycles. The van der Waals surface area contributed by atoms with Gasteiger partial charge in [0.2, 0.25) is 0 Å². The fourth-order valence-corrected chi connectivity index (χ4v) is 4.33. The first-order chi connectivity index (χ1) is 13.7. The third-order valence-electron chi connectivity index (χ3n) is 5.70. The maximum absolute atomic E-state index is 13.4. The van der Waals surface area contributed by atoms with Crippen LogP contribution in [0.4, 0.5) is 4.39 Å². The van der Waals surface area contributed by atoms with Crippen LogP contribution in [-0.2, 0) is 9.59 Å². The Labute approximate surface area is 172 Å². The van der Waals surface area contributed by atoms with Gasteiger partial charge in [-0.3, -0.25) is 9.59 Å². The van der Waals surface area contributed by atoms with Crippen LogP contribution in [0, 0.1) is 5.82 Å². The number of hydrogen-bond donors (Lipinski definition) is 3. The number of carbonyl (C=O) groups excluding carboxylic acids is 2. The summed E-state index contributed by atoms with van der Waals surface area (Å²) >= 11 is 5.62. The highest BCUT2D eigenvalue weighted by molar-refractivity contribution is 6.40. The van der Waals surface area contributed by atoms with Gasteiger partial charge in [-0.25, -0.2) is 9.38 Å². The molecule has 2 amide bonds. The molecule has 3 saturated carbocycles. The van der Waals surface area contributed by atoms with Gasteiger partial charge in [0.15, 0.2) is 6.61 Å². The van der Waals surface area contributed by atoms with Crippen molar-refractivity contribution in [3.63, 3.8) is 0 Å². The molecule has 7 nitrogen and oxygen atoms in total. The summed E-state index contributed by atoms with van der Waals surface area (Å²) in [5, 5.41) is 9.17. The number of ether oxygens (including phenoxy) is 1. The average Bonchev–Trinajstić information content (AvgIpc) is 2.62. The molecule has 5 rings (SSSR count). The van der Waals surface area contributed by atoms with Gasteiger partial charge in [0.1, 0.15) is 17.3 Å². The van der Waals surface area contributed by atoms with Crippen LogP contribution in [0.25, 0.3) is 0 Å². The highest BCUT2D eigenvalue weighted by Gasteiger charge is 2.69. The van der Waals surface area contributed by atoms with E-state index in [1.807, 2.05) is 13.8 Å². The van der Waals surface area contributed by atoms with Crippen LogP contribution >= 0.6 is 11.6 Å². The van der Waals surface area contributed by atoms with E-state index < -0.39 is 5.82 Å². The topological polar surface area (TPSA) is 91.8 Å². The van der Waals surface area contributed by atoms with Gasteiger partial charge in [0.05, 0.1) is 17.3 Å². The van der Waals surface area contributed by atoms with Crippen LogP contribution in [0.1, 0.15) is 33.1 Å². The summed E-state index contributed by atoms with van der Waals surface area (Å²) in [5.74, 6) is -0.806. The number of aliphatic imine (C=N–C) groups is 1. The van der Waals surface area contributed by atoms with E-state index in [0.29, 0.717) is 31.5 Å². The molecule has 154 valence electrons. The number of nitrogens with one attached hydrogen (secondary N) is 3. The first-order valence-electron chi connectivity index (χ1n) is 9.40. The lowest BCUT2D eigenvalue weighted by molar-refractivity contribution is -0.147. The van der Waals surface area contributed by atoms with E-state index in [4.69, 9.17) is 16.3 Å². The second-order valence-electron chi connectivity index (χ2n) is 8.08. The van der Waals surface area contributed by atoms with Crippen molar-refractivity contribution in [2.75, 3.05) is 13.2 Å². The number of carbonyl (C=O) groups is 2.